The number of benzene rings is 2. The molecule has 0 amide bonds. The first-order chi connectivity index (χ1) is 14.2. The summed E-state index contributed by atoms with van der Waals surface area (Å²) in [6, 6.07) is 15.4. The number of hydrogen-bond acceptors (Lipinski definition) is 7. The molecule has 8 nitrogen and oxygen atoms in total. The van der Waals surface area contributed by atoms with Crippen molar-refractivity contribution in [3.8, 4) is 0 Å². The van der Waals surface area contributed by atoms with Crippen molar-refractivity contribution in [1.82, 2.24) is 0 Å². The molecule has 0 bridgehead atoms. The van der Waals surface area contributed by atoms with E-state index in [0.717, 1.165) is 29.9 Å². The summed E-state index contributed by atoms with van der Waals surface area (Å²) in [6.45, 7) is 7.37. The monoisotopic (exact) mass is 435 g/mol. The highest BCUT2D eigenvalue weighted by Gasteiger charge is 2.43. The molecule has 0 saturated carbocycles. The number of rotatable bonds is 6. The van der Waals surface area contributed by atoms with Crippen molar-refractivity contribution in [2.24, 2.45) is 0 Å². The topological polar surface area (TPSA) is 125 Å². The highest BCUT2D eigenvalue weighted by atomic mass is 35.6. The van der Waals surface area contributed by atoms with Crippen LogP contribution in [0.1, 0.15) is 32.8 Å². The second-order valence-electron chi connectivity index (χ2n) is 7.39. The van der Waals surface area contributed by atoms with Crippen molar-refractivity contribution >= 4 is 17.1 Å². The van der Waals surface area contributed by atoms with Crippen LogP contribution in [0.5, 0.6) is 0 Å². The summed E-state index contributed by atoms with van der Waals surface area (Å²) >= 11 is 0. The van der Waals surface area contributed by atoms with Gasteiger partial charge in [0, 0.05) is 40.1 Å². The van der Waals surface area contributed by atoms with Gasteiger partial charge >= 0.3 is 0 Å². The molecule has 9 heteroatoms. The minimum Gasteiger partial charge on any atom is -0.364 e. The predicted octanol–water partition coefficient (Wildman–Crippen LogP) is 2.16. The molecule has 2 N–H and O–H groups in total. The Morgan fingerprint density at radius 2 is 1.87 bits per heavy atom. The van der Waals surface area contributed by atoms with E-state index >= 15 is 0 Å². The summed E-state index contributed by atoms with van der Waals surface area (Å²) in [5.41, 5.74) is 3.10. The molecular weight excluding hydrogens is 410 g/mol. The summed E-state index contributed by atoms with van der Waals surface area (Å²) in [5, 5.41) is 14.5. The molecule has 30 heavy (non-hydrogen) atoms. The third-order valence-electron chi connectivity index (χ3n) is 5.04. The molecule has 2 aromatic carbocycles. The summed E-state index contributed by atoms with van der Waals surface area (Å²) in [6.07, 6.45) is 5.15. The summed E-state index contributed by atoms with van der Waals surface area (Å²) in [4.78, 5) is 13.2. The van der Waals surface area contributed by atoms with Gasteiger partial charge in [-0.3, -0.25) is 10.1 Å². The van der Waals surface area contributed by atoms with E-state index in [-0.39, 0.29) is 22.1 Å². The number of nitro benzene ring substituents is 1. The lowest BCUT2D eigenvalue weighted by Crippen LogP contribution is -2.40. The Hall–Kier alpha value is -2.65. The molecule has 0 fully saturated rings. The second kappa shape index (κ2) is 10.4. The van der Waals surface area contributed by atoms with Gasteiger partial charge in [-0.1, -0.05) is 39.0 Å². The minimum absolute atomic E-state index is 0.135. The van der Waals surface area contributed by atoms with Gasteiger partial charge in [0.05, 0.1) is 11.0 Å². The summed E-state index contributed by atoms with van der Waals surface area (Å²) in [5.74, 6) is 0. The second-order valence-corrected chi connectivity index (χ2v) is 7.79. The van der Waals surface area contributed by atoms with Crippen molar-refractivity contribution in [2.75, 3.05) is 16.8 Å². The minimum atomic E-state index is -2.60. The molecule has 0 spiro atoms. The number of anilines is 2. The summed E-state index contributed by atoms with van der Waals surface area (Å²) in [7, 11) is -2.60. The lowest BCUT2D eigenvalue weighted by molar-refractivity contribution is -1.63. The van der Waals surface area contributed by atoms with E-state index in [4.69, 9.17) is 14.0 Å². The van der Waals surface area contributed by atoms with Crippen LogP contribution in [0.25, 0.3) is 0 Å². The molecule has 3 rings (SSSR count). The highest BCUT2D eigenvalue weighted by Crippen LogP contribution is 2.47. The normalized spacial score (nSPS) is 16.9. The number of fused-ring (bicyclic) bond motifs is 1. The van der Waals surface area contributed by atoms with Crippen molar-refractivity contribution in [3.63, 3.8) is 0 Å². The number of halogens is 1. The molecule has 0 saturated heterocycles. The first-order valence-electron chi connectivity index (χ1n) is 9.46. The molecule has 1 unspecified atom stereocenters. The van der Waals surface area contributed by atoms with Gasteiger partial charge < -0.3 is 19.5 Å². The van der Waals surface area contributed by atoms with Crippen molar-refractivity contribution in [1.29, 1.82) is 0 Å². The zero-order chi connectivity index (χ0) is 22.3. The van der Waals surface area contributed by atoms with Crippen LogP contribution in [0.4, 0.5) is 17.1 Å². The van der Waals surface area contributed by atoms with Gasteiger partial charge in [0.2, 0.25) is 0 Å². The Morgan fingerprint density at radius 1 is 1.23 bits per heavy atom. The quantitative estimate of drug-likeness (QED) is 0.526. The Bertz CT molecular complexity index is 871. The predicted molar refractivity (Wildman–Crippen MR) is 109 cm³/mol. The number of nitrogens with one attached hydrogen (secondary N) is 1. The maximum Gasteiger partial charge on any atom is 0.282 e. The molecule has 0 aromatic heterocycles. The zero-order valence-electron chi connectivity index (χ0n) is 17.1. The summed E-state index contributed by atoms with van der Waals surface area (Å²) < 4.78 is 24.0. The van der Waals surface area contributed by atoms with E-state index in [1.54, 1.807) is 12.1 Å². The average molecular weight is 436 g/mol. The van der Waals surface area contributed by atoms with Crippen molar-refractivity contribution in [3.05, 3.63) is 76.5 Å². The fourth-order valence-corrected chi connectivity index (χ4v) is 3.72. The van der Waals surface area contributed by atoms with Gasteiger partial charge in [-0.15, -0.1) is 0 Å². The molecule has 2 aromatic rings. The zero-order valence-corrected chi connectivity index (χ0v) is 17.9. The van der Waals surface area contributed by atoms with Crippen molar-refractivity contribution in [2.45, 2.75) is 38.6 Å². The van der Waals surface area contributed by atoms with E-state index < -0.39 is 10.8 Å². The van der Waals surface area contributed by atoms with Gasteiger partial charge in [0.15, 0.2) is 0 Å². The number of hydrogen-bond donors (Lipinski definition) is 2. The number of non-ortho nitro benzene ring substituents is 1. The third-order valence-corrected chi connectivity index (χ3v) is 5.04. The first-order valence-corrected chi connectivity index (χ1v) is 10.4. The van der Waals surface area contributed by atoms with Crippen molar-refractivity contribution < 1.29 is 29.7 Å². The molecule has 162 valence electrons. The number of nitrogens with zero attached hydrogens (tertiary/aromatic N) is 2. The fourth-order valence-electron chi connectivity index (χ4n) is 3.72. The van der Waals surface area contributed by atoms with E-state index in [9.17, 15) is 10.1 Å². The van der Waals surface area contributed by atoms with Crippen LogP contribution >= 0.6 is 0 Å². The lowest BCUT2D eigenvalue weighted by Gasteiger charge is -2.32. The number of para-hydroxylation sites is 1. The Labute approximate surface area is 179 Å². The highest BCUT2D eigenvalue weighted by molar-refractivity contribution is 5.68. The van der Waals surface area contributed by atoms with Gasteiger partial charge in [0.1, 0.15) is 0 Å². The van der Waals surface area contributed by atoms with E-state index in [1.807, 2.05) is 42.6 Å². The van der Waals surface area contributed by atoms with Crippen LogP contribution in [-0.4, -0.2) is 22.2 Å². The molecule has 1 heterocycles. The van der Waals surface area contributed by atoms with Crippen LogP contribution in [-0.2, 0) is 5.41 Å². The van der Waals surface area contributed by atoms with Gasteiger partial charge in [0.25, 0.3) is 16.5 Å². The number of nitro groups is 1. The Kier molecular flexibility index (Phi) is 8.19. The Morgan fingerprint density at radius 3 is 2.43 bits per heavy atom. The van der Waals surface area contributed by atoms with Gasteiger partial charge in [-0.2, -0.15) is 0 Å². The standard InChI is InChI=1S/C21H25N3O2.ClHO3/c1-4-14-23-19-11-10-17(24(25)26)15-18(19)21(2,3)20(23)12-13-22-16-8-6-5-7-9-16;2-1(3)4/h5-13,15,20,22H,4,14H2,1-3H3;2H. The maximum atomic E-state index is 11.2. The first kappa shape index (κ1) is 23.6. The smallest absolute Gasteiger partial charge is 0.282 e. The molecule has 1 aliphatic rings. The lowest BCUT2D eigenvalue weighted by atomic mass is 9.80. The van der Waals surface area contributed by atoms with E-state index in [0.29, 0.717) is 0 Å². The third kappa shape index (κ3) is 5.70. The SMILES string of the molecule is CCCN1c2ccc([N+](=O)[O-])cc2C(C)(C)C1C=CNc1ccccc1.[O-][Cl+2]([O-])O. The van der Waals surface area contributed by atoms with Crippen LogP contribution in [0.3, 0.4) is 0 Å². The average Bonchev–Trinajstić information content (AvgIpc) is 2.89. The Balaban J connectivity index is 0.000000735. The molecule has 1 aliphatic heterocycles. The fraction of sp³-hybridized carbons (Fsp3) is 0.333. The molecule has 0 aliphatic carbocycles. The van der Waals surface area contributed by atoms with Crippen LogP contribution in [0.15, 0.2) is 60.8 Å². The molecule has 1 atom stereocenters. The van der Waals surface area contributed by atoms with Crippen LogP contribution in [0.2, 0.25) is 0 Å². The van der Waals surface area contributed by atoms with Gasteiger partial charge in [-0.25, -0.2) is 0 Å². The molecule has 0 radical (unpaired) electrons. The van der Waals surface area contributed by atoms with Crippen LogP contribution in [0, 0.1) is 20.9 Å². The van der Waals surface area contributed by atoms with Crippen LogP contribution < -0.4 is 19.5 Å². The largest absolute Gasteiger partial charge is 0.364 e. The van der Waals surface area contributed by atoms with E-state index in [1.165, 1.54) is 0 Å². The maximum absolute atomic E-state index is 11.2. The van der Waals surface area contributed by atoms with Gasteiger partial charge in [-0.05, 0) is 42.5 Å². The molecular formula is C21H26ClN3O5. The van der Waals surface area contributed by atoms with E-state index in [2.05, 4.69) is 37.1 Å².